The van der Waals surface area contributed by atoms with Crippen molar-refractivity contribution in [3.8, 4) is 5.75 Å². The lowest BCUT2D eigenvalue weighted by molar-refractivity contribution is -0.119. The molecule has 2 aliphatic rings. The molecule has 1 unspecified atom stereocenters. The summed E-state index contributed by atoms with van der Waals surface area (Å²) in [6, 6.07) is 10.9. The lowest BCUT2D eigenvalue weighted by Gasteiger charge is -2.17. The highest BCUT2D eigenvalue weighted by molar-refractivity contribution is 5.79. The molecule has 29 heavy (non-hydrogen) atoms. The van der Waals surface area contributed by atoms with Gasteiger partial charge in [-0.2, -0.15) is 0 Å². The van der Waals surface area contributed by atoms with E-state index >= 15 is 0 Å². The SMILES string of the molecule is CCC(CC(=O)CCCCc1ccc2c(n1)NCCC2)c1ccc2c(c1)OCC2. The molecule has 1 N–H and O–H groups in total. The van der Waals surface area contributed by atoms with Gasteiger partial charge in [0.1, 0.15) is 17.4 Å². The lowest BCUT2D eigenvalue weighted by Crippen LogP contribution is -2.14. The number of pyridine rings is 1. The van der Waals surface area contributed by atoms with Gasteiger partial charge in [0.05, 0.1) is 6.61 Å². The highest BCUT2D eigenvalue weighted by atomic mass is 16.5. The van der Waals surface area contributed by atoms with Crippen molar-refractivity contribution in [3.05, 3.63) is 52.7 Å². The van der Waals surface area contributed by atoms with Crippen molar-refractivity contribution in [2.75, 3.05) is 18.5 Å². The number of ether oxygens (including phenoxy) is 1. The second-order valence-corrected chi connectivity index (χ2v) is 8.36. The Labute approximate surface area is 174 Å². The van der Waals surface area contributed by atoms with Gasteiger partial charge < -0.3 is 10.1 Å². The minimum absolute atomic E-state index is 0.297. The Morgan fingerprint density at radius 1 is 1.17 bits per heavy atom. The van der Waals surface area contributed by atoms with E-state index in [0.29, 0.717) is 24.5 Å². The Kier molecular flexibility index (Phi) is 6.48. The Morgan fingerprint density at radius 2 is 2.07 bits per heavy atom. The number of aryl methyl sites for hydroxylation is 2. The molecule has 2 aliphatic heterocycles. The van der Waals surface area contributed by atoms with E-state index in [9.17, 15) is 4.79 Å². The number of anilines is 1. The van der Waals surface area contributed by atoms with Gasteiger partial charge in [-0.3, -0.25) is 4.79 Å². The fraction of sp³-hybridized carbons (Fsp3) is 0.520. The summed E-state index contributed by atoms with van der Waals surface area (Å²) < 4.78 is 5.70. The van der Waals surface area contributed by atoms with E-state index in [0.717, 1.165) is 68.9 Å². The van der Waals surface area contributed by atoms with E-state index < -0.39 is 0 Å². The van der Waals surface area contributed by atoms with Crippen LogP contribution in [0.5, 0.6) is 5.75 Å². The molecule has 0 saturated heterocycles. The van der Waals surface area contributed by atoms with Gasteiger partial charge in [0, 0.05) is 31.5 Å². The van der Waals surface area contributed by atoms with Gasteiger partial charge in [0.15, 0.2) is 0 Å². The number of hydrogen-bond donors (Lipinski definition) is 1. The first-order valence-electron chi connectivity index (χ1n) is 11.2. The highest BCUT2D eigenvalue weighted by Gasteiger charge is 2.18. The van der Waals surface area contributed by atoms with Crippen LogP contribution in [-0.2, 0) is 24.1 Å². The molecule has 3 heterocycles. The van der Waals surface area contributed by atoms with E-state index in [1.54, 1.807) is 0 Å². The van der Waals surface area contributed by atoms with Crippen LogP contribution in [0.25, 0.3) is 0 Å². The van der Waals surface area contributed by atoms with Gasteiger partial charge in [-0.05, 0) is 73.3 Å². The van der Waals surface area contributed by atoms with Crippen LogP contribution >= 0.6 is 0 Å². The predicted molar refractivity (Wildman–Crippen MR) is 117 cm³/mol. The molecule has 4 heteroatoms. The number of nitrogens with one attached hydrogen (secondary N) is 1. The fourth-order valence-electron chi connectivity index (χ4n) is 4.45. The second-order valence-electron chi connectivity index (χ2n) is 8.36. The van der Waals surface area contributed by atoms with E-state index in [4.69, 9.17) is 9.72 Å². The van der Waals surface area contributed by atoms with Gasteiger partial charge >= 0.3 is 0 Å². The molecule has 0 bridgehead atoms. The molecule has 4 nitrogen and oxygen atoms in total. The van der Waals surface area contributed by atoms with Crippen LogP contribution < -0.4 is 10.1 Å². The Balaban J connectivity index is 1.23. The van der Waals surface area contributed by atoms with Crippen molar-refractivity contribution in [1.82, 2.24) is 4.98 Å². The number of rotatable bonds is 9. The van der Waals surface area contributed by atoms with Crippen LogP contribution in [0, 0.1) is 0 Å². The molecule has 2 aromatic rings. The van der Waals surface area contributed by atoms with Gasteiger partial charge in [-0.15, -0.1) is 0 Å². The summed E-state index contributed by atoms with van der Waals surface area (Å²) in [5.41, 5.74) is 5.00. The zero-order valence-electron chi connectivity index (χ0n) is 17.5. The molecule has 1 aromatic carbocycles. The summed E-state index contributed by atoms with van der Waals surface area (Å²) in [7, 11) is 0. The monoisotopic (exact) mass is 392 g/mol. The van der Waals surface area contributed by atoms with E-state index in [1.807, 2.05) is 0 Å². The van der Waals surface area contributed by atoms with E-state index in [1.165, 1.54) is 23.1 Å². The standard InChI is InChI=1S/C25H32N2O2/c1-2-18(21-10-9-19-13-15-29-24(19)17-21)16-23(28)8-4-3-7-22-12-11-20-6-5-14-26-25(20)27-22/h9-12,17-18H,2-8,13-16H2,1H3,(H,26,27). The van der Waals surface area contributed by atoms with Crippen LogP contribution in [0.2, 0.25) is 0 Å². The largest absolute Gasteiger partial charge is 0.493 e. The first-order valence-corrected chi connectivity index (χ1v) is 11.2. The number of fused-ring (bicyclic) bond motifs is 2. The minimum atomic E-state index is 0.297. The van der Waals surface area contributed by atoms with Crippen molar-refractivity contribution < 1.29 is 9.53 Å². The van der Waals surface area contributed by atoms with Gasteiger partial charge in [-0.25, -0.2) is 4.98 Å². The third-order valence-electron chi connectivity index (χ3n) is 6.25. The number of ketones is 1. The minimum Gasteiger partial charge on any atom is -0.493 e. The Bertz CT molecular complexity index is 862. The number of carbonyl (C=O) groups is 1. The Hall–Kier alpha value is -2.36. The van der Waals surface area contributed by atoms with Crippen molar-refractivity contribution in [2.45, 2.75) is 70.6 Å². The zero-order chi connectivity index (χ0) is 20.1. The molecule has 1 atom stereocenters. The summed E-state index contributed by atoms with van der Waals surface area (Å²) in [5, 5.41) is 3.40. The first-order chi connectivity index (χ1) is 14.2. The van der Waals surface area contributed by atoms with Crippen LogP contribution in [0.15, 0.2) is 30.3 Å². The first kappa shape index (κ1) is 19.9. The number of aromatic nitrogens is 1. The third kappa shape index (κ3) is 4.98. The van der Waals surface area contributed by atoms with Crippen molar-refractivity contribution in [1.29, 1.82) is 0 Å². The molecule has 0 radical (unpaired) electrons. The third-order valence-corrected chi connectivity index (χ3v) is 6.25. The molecule has 1 aromatic heterocycles. The van der Waals surface area contributed by atoms with Crippen LogP contribution in [-0.4, -0.2) is 23.9 Å². The van der Waals surface area contributed by atoms with Gasteiger partial charge in [0.25, 0.3) is 0 Å². The van der Waals surface area contributed by atoms with Crippen molar-refractivity contribution >= 4 is 11.6 Å². The number of carbonyl (C=O) groups excluding carboxylic acids is 1. The van der Waals surface area contributed by atoms with E-state index in [2.05, 4.69) is 42.6 Å². The number of unbranched alkanes of at least 4 members (excludes halogenated alkanes) is 1. The second kappa shape index (κ2) is 9.43. The topological polar surface area (TPSA) is 51.2 Å². The molecule has 0 saturated carbocycles. The quantitative estimate of drug-likeness (QED) is 0.593. The fourth-order valence-corrected chi connectivity index (χ4v) is 4.45. The normalized spacial score (nSPS) is 15.8. The molecule has 0 amide bonds. The predicted octanol–water partition coefficient (Wildman–Crippen LogP) is 5.24. The summed E-state index contributed by atoms with van der Waals surface area (Å²) >= 11 is 0. The highest BCUT2D eigenvalue weighted by Crippen LogP contribution is 2.32. The maximum atomic E-state index is 12.6. The van der Waals surface area contributed by atoms with Gasteiger partial charge in [-0.1, -0.05) is 25.1 Å². The molecule has 4 rings (SSSR count). The van der Waals surface area contributed by atoms with Gasteiger partial charge in [0.2, 0.25) is 0 Å². The number of benzene rings is 1. The van der Waals surface area contributed by atoms with Crippen LogP contribution in [0.3, 0.4) is 0 Å². The molecule has 0 aliphatic carbocycles. The van der Waals surface area contributed by atoms with Crippen LogP contribution in [0.1, 0.15) is 73.8 Å². The molecular weight excluding hydrogens is 360 g/mol. The lowest BCUT2D eigenvalue weighted by atomic mass is 9.89. The molecule has 0 spiro atoms. The summed E-state index contributed by atoms with van der Waals surface area (Å²) in [6.45, 7) is 3.97. The summed E-state index contributed by atoms with van der Waals surface area (Å²) in [5.74, 6) is 2.75. The number of nitrogens with zero attached hydrogens (tertiary/aromatic N) is 1. The summed E-state index contributed by atoms with van der Waals surface area (Å²) in [6.07, 6.45) is 8.50. The maximum Gasteiger partial charge on any atom is 0.133 e. The summed E-state index contributed by atoms with van der Waals surface area (Å²) in [4.78, 5) is 17.3. The number of Topliss-reactive ketones (excluding diaryl/α,β-unsaturated/α-hetero) is 1. The van der Waals surface area contributed by atoms with E-state index in [-0.39, 0.29) is 0 Å². The molecule has 154 valence electrons. The van der Waals surface area contributed by atoms with Crippen LogP contribution in [0.4, 0.5) is 5.82 Å². The molecule has 0 fully saturated rings. The molecular formula is C25H32N2O2. The van der Waals surface area contributed by atoms with Crippen molar-refractivity contribution in [2.24, 2.45) is 0 Å². The maximum absolute atomic E-state index is 12.6. The Morgan fingerprint density at radius 3 is 2.97 bits per heavy atom. The zero-order valence-corrected chi connectivity index (χ0v) is 17.5. The average Bonchev–Trinajstić information content (AvgIpc) is 3.23. The average molecular weight is 393 g/mol. The number of hydrogen-bond acceptors (Lipinski definition) is 4. The smallest absolute Gasteiger partial charge is 0.133 e. The van der Waals surface area contributed by atoms with Crippen molar-refractivity contribution in [3.63, 3.8) is 0 Å².